The van der Waals surface area contributed by atoms with Gasteiger partial charge in [-0.3, -0.25) is 4.79 Å². The van der Waals surface area contributed by atoms with Crippen LogP contribution in [-0.2, 0) is 4.79 Å². The molecule has 1 aliphatic rings. The molecule has 0 aliphatic heterocycles. The van der Waals surface area contributed by atoms with Gasteiger partial charge in [0, 0.05) is 28.4 Å². The molecule has 2 nitrogen and oxygen atoms in total. The Balaban J connectivity index is 2.13. The molecule has 0 radical (unpaired) electrons. The summed E-state index contributed by atoms with van der Waals surface area (Å²) < 4.78 is 1.05. The van der Waals surface area contributed by atoms with Crippen LogP contribution in [0.5, 0.6) is 0 Å². The number of anilines is 1. The first-order valence-corrected chi connectivity index (χ1v) is 6.50. The molecule has 1 aromatic carbocycles. The van der Waals surface area contributed by atoms with Crippen LogP contribution in [0.2, 0.25) is 0 Å². The first-order chi connectivity index (χ1) is 7.94. The van der Waals surface area contributed by atoms with E-state index in [0.717, 1.165) is 22.3 Å². The lowest BCUT2D eigenvalue weighted by molar-refractivity contribution is -0.117. The van der Waals surface area contributed by atoms with Crippen LogP contribution >= 0.6 is 15.9 Å². The second kappa shape index (κ2) is 4.65. The Hall–Kier alpha value is -1.09. The van der Waals surface area contributed by atoms with Gasteiger partial charge >= 0.3 is 0 Å². The molecule has 0 saturated heterocycles. The third-order valence-electron chi connectivity index (χ3n) is 2.81. The molecule has 3 heteroatoms. The standard InChI is InChI=1S/C14H16BrNO/c1-14(2)8-12(7-13(17)9-14)16-11-5-3-10(15)4-6-11/h3-7,16H,8-9H2,1-2H3. The van der Waals surface area contributed by atoms with Crippen molar-refractivity contribution in [1.82, 2.24) is 0 Å². The highest BCUT2D eigenvalue weighted by Crippen LogP contribution is 2.34. The highest BCUT2D eigenvalue weighted by Gasteiger charge is 2.27. The van der Waals surface area contributed by atoms with Crippen LogP contribution in [0, 0.1) is 5.41 Å². The molecule has 0 bridgehead atoms. The van der Waals surface area contributed by atoms with E-state index < -0.39 is 0 Å². The Kier molecular flexibility index (Phi) is 3.38. The quantitative estimate of drug-likeness (QED) is 0.888. The minimum Gasteiger partial charge on any atom is -0.359 e. The zero-order valence-corrected chi connectivity index (χ0v) is 11.7. The van der Waals surface area contributed by atoms with E-state index >= 15 is 0 Å². The first-order valence-electron chi connectivity index (χ1n) is 5.71. The molecule has 1 N–H and O–H groups in total. The fourth-order valence-electron chi connectivity index (χ4n) is 2.15. The van der Waals surface area contributed by atoms with Crippen molar-refractivity contribution in [2.45, 2.75) is 26.7 Å². The number of allylic oxidation sites excluding steroid dienone is 2. The zero-order valence-electron chi connectivity index (χ0n) is 10.1. The van der Waals surface area contributed by atoms with Crippen molar-refractivity contribution < 1.29 is 4.79 Å². The number of nitrogens with one attached hydrogen (secondary N) is 1. The number of hydrogen-bond donors (Lipinski definition) is 1. The summed E-state index contributed by atoms with van der Waals surface area (Å²) in [5.41, 5.74) is 2.09. The van der Waals surface area contributed by atoms with Gasteiger partial charge in [-0.15, -0.1) is 0 Å². The topological polar surface area (TPSA) is 29.1 Å². The molecule has 0 amide bonds. The minimum atomic E-state index is 0.0591. The van der Waals surface area contributed by atoms with E-state index in [4.69, 9.17) is 0 Å². The van der Waals surface area contributed by atoms with Gasteiger partial charge in [0.2, 0.25) is 0 Å². The summed E-state index contributed by atoms with van der Waals surface area (Å²) in [6.45, 7) is 4.25. The molecule has 2 rings (SSSR count). The average molecular weight is 294 g/mol. The maximum absolute atomic E-state index is 11.6. The second-order valence-corrected chi connectivity index (χ2v) is 6.20. The number of halogens is 1. The maximum atomic E-state index is 11.6. The van der Waals surface area contributed by atoms with Crippen molar-refractivity contribution in [2.24, 2.45) is 5.41 Å². The normalized spacial score (nSPS) is 18.8. The van der Waals surface area contributed by atoms with E-state index in [9.17, 15) is 4.79 Å². The van der Waals surface area contributed by atoms with Gasteiger partial charge in [-0.05, 0) is 36.1 Å². The molecule has 0 fully saturated rings. The van der Waals surface area contributed by atoms with Crippen molar-refractivity contribution in [3.05, 3.63) is 40.5 Å². The Morgan fingerprint density at radius 2 is 1.82 bits per heavy atom. The molecule has 0 heterocycles. The van der Waals surface area contributed by atoms with Gasteiger partial charge in [0.1, 0.15) is 0 Å². The van der Waals surface area contributed by atoms with E-state index in [1.807, 2.05) is 24.3 Å². The first kappa shape index (κ1) is 12.4. The largest absolute Gasteiger partial charge is 0.359 e. The smallest absolute Gasteiger partial charge is 0.157 e. The lowest BCUT2D eigenvalue weighted by Gasteiger charge is -2.29. The number of benzene rings is 1. The Morgan fingerprint density at radius 3 is 2.41 bits per heavy atom. The molecule has 17 heavy (non-hydrogen) atoms. The van der Waals surface area contributed by atoms with Crippen molar-refractivity contribution in [2.75, 3.05) is 5.32 Å². The number of carbonyl (C=O) groups excluding carboxylic acids is 1. The fourth-order valence-corrected chi connectivity index (χ4v) is 2.41. The van der Waals surface area contributed by atoms with Gasteiger partial charge < -0.3 is 5.32 Å². The SMILES string of the molecule is CC1(C)CC(=O)C=C(Nc2ccc(Br)cc2)C1. The summed E-state index contributed by atoms with van der Waals surface area (Å²) in [5, 5.41) is 3.31. The monoisotopic (exact) mass is 293 g/mol. The molecule has 0 atom stereocenters. The average Bonchev–Trinajstić information content (AvgIpc) is 2.18. The van der Waals surface area contributed by atoms with Gasteiger partial charge in [0.15, 0.2) is 5.78 Å². The molecule has 0 spiro atoms. The maximum Gasteiger partial charge on any atom is 0.157 e. The van der Waals surface area contributed by atoms with Crippen molar-refractivity contribution in [3.8, 4) is 0 Å². The van der Waals surface area contributed by atoms with Crippen LogP contribution in [0.25, 0.3) is 0 Å². The summed E-state index contributed by atoms with van der Waals surface area (Å²) >= 11 is 3.40. The molecule has 0 unspecified atom stereocenters. The molecule has 0 saturated carbocycles. The van der Waals surface area contributed by atoms with Crippen LogP contribution in [0.1, 0.15) is 26.7 Å². The lowest BCUT2D eigenvalue weighted by Crippen LogP contribution is -2.24. The summed E-state index contributed by atoms with van der Waals surface area (Å²) in [6, 6.07) is 7.96. The minimum absolute atomic E-state index is 0.0591. The Bertz CT molecular complexity index is 460. The third kappa shape index (κ3) is 3.43. The third-order valence-corrected chi connectivity index (χ3v) is 3.33. The summed E-state index contributed by atoms with van der Waals surface area (Å²) in [6.07, 6.45) is 3.28. The van der Waals surface area contributed by atoms with Gasteiger partial charge in [0.25, 0.3) is 0 Å². The van der Waals surface area contributed by atoms with Gasteiger partial charge in [-0.2, -0.15) is 0 Å². The molecule has 1 aliphatic carbocycles. The highest BCUT2D eigenvalue weighted by molar-refractivity contribution is 9.10. The van der Waals surface area contributed by atoms with Gasteiger partial charge in [-0.1, -0.05) is 29.8 Å². The summed E-state index contributed by atoms with van der Waals surface area (Å²) in [7, 11) is 0. The van der Waals surface area contributed by atoms with E-state index in [2.05, 4.69) is 35.1 Å². The zero-order chi connectivity index (χ0) is 12.5. The van der Waals surface area contributed by atoms with Crippen LogP contribution in [0.3, 0.4) is 0 Å². The van der Waals surface area contributed by atoms with E-state index in [1.165, 1.54) is 0 Å². The predicted molar refractivity (Wildman–Crippen MR) is 73.9 cm³/mol. The Labute approximate surface area is 110 Å². The number of carbonyl (C=O) groups is 1. The van der Waals surface area contributed by atoms with Gasteiger partial charge in [0.05, 0.1) is 0 Å². The molecule has 0 aromatic heterocycles. The van der Waals surface area contributed by atoms with Crippen LogP contribution in [-0.4, -0.2) is 5.78 Å². The van der Waals surface area contributed by atoms with Gasteiger partial charge in [-0.25, -0.2) is 0 Å². The summed E-state index contributed by atoms with van der Waals surface area (Å²) in [5.74, 6) is 0.209. The Morgan fingerprint density at radius 1 is 1.18 bits per heavy atom. The summed E-state index contributed by atoms with van der Waals surface area (Å²) in [4.78, 5) is 11.6. The van der Waals surface area contributed by atoms with Crippen molar-refractivity contribution >= 4 is 27.4 Å². The molecular formula is C14H16BrNO. The van der Waals surface area contributed by atoms with Crippen molar-refractivity contribution in [1.29, 1.82) is 0 Å². The lowest BCUT2D eigenvalue weighted by atomic mass is 9.79. The molecule has 90 valence electrons. The second-order valence-electron chi connectivity index (χ2n) is 5.29. The molecule has 1 aromatic rings. The molecular weight excluding hydrogens is 278 g/mol. The van der Waals surface area contributed by atoms with E-state index in [-0.39, 0.29) is 11.2 Å². The van der Waals surface area contributed by atoms with Crippen LogP contribution in [0.4, 0.5) is 5.69 Å². The van der Waals surface area contributed by atoms with E-state index in [0.29, 0.717) is 6.42 Å². The van der Waals surface area contributed by atoms with Crippen LogP contribution < -0.4 is 5.32 Å². The number of rotatable bonds is 2. The predicted octanol–water partition coefficient (Wildman–Crippen LogP) is 4.13. The van der Waals surface area contributed by atoms with E-state index in [1.54, 1.807) is 6.08 Å². The number of hydrogen-bond acceptors (Lipinski definition) is 2. The highest BCUT2D eigenvalue weighted by atomic mass is 79.9. The van der Waals surface area contributed by atoms with Crippen LogP contribution in [0.15, 0.2) is 40.5 Å². The fraction of sp³-hybridized carbons (Fsp3) is 0.357. The number of ketones is 1. The van der Waals surface area contributed by atoms with Crippen molar-refractivity contribution in [3.63, 3.8) is 0 Å².